The van der Waals surface area contributed by atoms with Crippen molar-refractivity contribution in [3.63, 3.8) is 0 Å². The first kappa shape index (κ1) is 17.5. The van der Waals surface area contributed by atoms with Crippen molar-refractivity contribution in [3.05, 3.63) is 56.5 Å². The lowest BCUT2D eigenvalue weighted by Crippen LogP contribution is -2.36. The Kier molecular flexibility index (Phi) is 5.66. The average molecular weight is 430 g/mol. The molecule has 1 heterocycles. The molecule has 126 valence electrons. The molecule has 0 unspecified atom stereocenters. The van der Waals surface area contributed by atoms with Gasteiger partial charge in [0, 0.05) is 22.6 Å². The van der Waals surface area contributed by atoms with Crippen LogP contribution in [-0.2, 0) is 4.74 Å². The summed E-state index contributed by atoms with van der Waals surface area (Å²) < 4.78 is 6.17. The van der Waals surface area contributed by atoms with Crippen LogP contribution in [0, 0.1) is 0 Å². The molecule has 0 saturated carbocycles. The molecule has 2 aromatic rings. The van der Waals surface area contributed by atoms with Gasteiger partial charge in [-0.15, -0.1) is 0 Å². The molecule has 0 bridgehead atoms. The second-order valence-corrected chi connectivity index (χ2v) is 7.10. The minimum absolute atomic E-state index is 0.280. The number of carbonyl (C=O) groups is 1. The number of hydrogen-bond donors (Lipinski definition) is 1. The van der Waals surface area contributed by atoms with Gasteiger partial charge < -0.3 is 15.0 Å². The largest absolute Gasteiger partial charge is 0.378 e. The topological polar surface area (TPSA) is 41.6 Å². The summed E-state index contributed by atoms with van der Waals surface area (Å²) in [7, 11) is 0. The fourth-order valence-corrected chi connectivity index (χ4v) is 3.29. The molecule has 3 rings (SSSR count). The van der Waals surface area contributed by atoms with Crippen molar-refractivity contribution in [1.29, 1.82) is 0 Å². The third-order valence-corrected chi connectivity index (χ3v) is 4.79. The molecule has 1 saturated heterocycles. The Bertz CT molecular complexity index is 764. The minimum Gasteiger partial charge on any atom is -0.378 e. The highest BCUT2D eigenvalue weighted by Crippen LogP contribution is 2.31. The Morgan fingerprint density at radius 2 is 1.88 bits per heavy atom. The summed E-state index contributed by atoms with van der Waals surface area (Å²) in [6.45, 7) is 2.85. The summed E-state index contributed by atoms with van der Waals surface area (Å²) in [5.41, 5.74) is 1.98. The van der Waals surface area contributed by atoms with E-state index in [9.17, 15) is 4.79 Å². The fourth-order valence-electron chi connectivity index (χ4n) is 2.55. The number of ether oxygens (including phenoxy) is 1. The standard InChI is InChI=1S/C17H15BrCl2N2O2/c18-11-1-3-14(20)13(9-11)17(23)21-15-10-12(19)2-4-16(15)22-5-7-24-8-6-22/h1-4,9-10H,5-8H2,(H,21,23). The first-order valence-electron chi connectivity index (χ1n) is 7.43. The zero-order chi connectivity index (χ0) is 17.1. The second-order valence-electron chi connectivity index (χ2n) is 5.34. The molecule has 2 aromatic carbocycles. The van der Waals surface area contributed by atoms with Gasteiger partial charge in [0.25, 0.3) is 5.91 Å². The van der Waals surface area contributed by atoms with Gasteiger partial charge in [0.05, 0.1) is 35.2 Å². The van der Waals surface area contributed by atoms with Crippen LogP contribution in [-0.4, -0.2) is 32.2 Å². The number of morpholine rings is 1. The summed E-state index contributed by atoms with van der Waals surface area (Å²) >= 11 is 15.6. The maximum atomic E-state index is 12.6. The van der Waals surface area contributed by atoms with E-state index in [4.69, 9.17) is 27.9 Å². The van der Waals surface area contributed by atoms with Gasteiger partial charge in [-0.25, -0.2) is 0 Å². The first-order chi connectivity index (χ1) is 11.5. The van der Waals surface area contributed by atoms with Gasteiger partial charge >= 0.3 is 0 Å². The van der Waals surface area contributed by atoms with Crippen LogP contribution in [0.2, 0.25) is 10.0 Å². The number of rotatable bonds is 3. The SMILES string of the molecule is O=C(Nc1cc(Cl)ccc1N1CCOCC1)c1cc(Br)ccc1Cl. The highest BCUT2D eigenvalue weighted by atomic mass is 79.9. The molecule has 1 aliphatic heterocycles. The maximum absolute atomic E-state index is 12.6. The van der Waals surface area contributed by atoms with Crippen LogP contribution >= 0.6 is 39.1 Å². The summed E-state index contributed by atoms with van der Waals surface area (Å²) in [5.74, 6) is -0.280. The number of amides is 1. The van der Waals surface area contributed by atoms with Gasteiger partial charge in [-0.05, 0) is 36.4 Å². The van der Waals surface area contributed by atoms with E-state index >= 15 is 0 Å². The molecular formula is C17H15BrCl2N2O2. The van der Waals surface area contributed by atoms with E-state index in [2.05, 4.69) is 26.1 Å². The lowest BCUT2D eigenvalue weighted by molar-refractivity contribution is 0.102. The molecule has 0 aromatic heterocycles. The van der Waals surface area contributed by atoms with E-state index in [1.54, 1.807) is 24.3 Å². The van der Waals surface area contributed by atoms with Crippen molar-refractivity contribution in [2.75, 3.05) is 36.5 Å². The van der Waals surface area contributed by atoms with Crippen LogP contribution in [0.5, 0.6) is 0 Å². The number of halogens is 3. The molecule has 1 N–H and O–H groups in total. The van der Waals surface area contributed by atoms with Crippen LogP contribution in [0.1, 0.15) is 10.4 Å². The van der Waals surface area contributed by atoms with Crippen molar-refractivity contribution in [2.24, 2.45) is 0 Å². The van der Waals surface area contributed by atoms with Gasteiger partial charge in [0.15, 0.2) is 0 Å². The number of nitrogens with zero attached hydrogens (tertiary/aromatic N) is 1. The molecule has 1 fully saturated rings. The molecule has 0 radical (unpaired) electrons. The molecule has 0 atom stereocenters. The number of anilines is 2. The van der Waals surface area contributed by atoms with E-state index < -0.39 is 0 Å². The van der Waals surface area contributed by atoms with Crippen LogP contribution in [0.15, 0.2) is 40.9 Å². The average Bonchev–Trinajstić information content (AvgIpc) is 2.58. The zero-order valence-electron chi connectivity index (χ0n) is 12.7. The van der Waals surface area contributed by atoms with Crippen molar-refractivity contribution in [1.82, 2.24) is 0 Å². The molecule has 24 heavy (non-hydrogen) atoms. The van der Waals surface area contributed by atoms with Gasteiger partial charge in [0.2, 0.25) is 0 Å². The van der Waals surface area contributed by atoms with Crippen LogP contribution in [0.4, 0.5) is 11.4 Å². The highest BCUT2D eigenvalue weighted by molar-refractivity contribution is 9.10. The van der Waals surface area contributed by atoms with E-state index in [0.717, 1.165) is 23.2 Å². The zero-order valence-corrected chi connectivity index (χ0v) is 15.8. The predicted molar refractivity (Wildman–Crippen MR) is 102 cm³/mol. The monoisotopic (exact) mass is 428 g/mol. The number of benzene rings is 2. The molecule has 4 nitrogen and oxygen atoms in total. The minimum atomic E-state index is -0.280. The summed E-state index contributed by atoms with van der Waals surface area (Å²) in [4.78, 5) is 14.8. The molecule has 1 aliphatic rings. The first-order valence-corrected chi connectivity index (χ1v) is 8.98. The van der Waals surface area contributed by atoms with E-state index in [0.29, 0.717) is 34.5 Å². The summed E-state index contributed by atoms with van der Waals surface area (Å²) in [5, 5.41) is 3.87. The maximum Gasteiger partial charge on any atom is 0.257 e. The number of hydrogen-bond acceptors (Lipinski definition) is 3. The third kappa shape index (κ3) is 4.03. The van der Waals surface area contributed by atoms with E-state index in [1.165, 1.54) is 0 Å². The van der Waals surface area contributed by atoms with Crippen molar-refractivity contribution < 1.29 is 9.53 Å². The smallest absolute Gasteiger partial charge is 0.257 e. The van der Waals surface area contributed by atoms with Crippen molar-refractivity contribution in [2.45, 2.75) is 0 Å². The van der Waals surface area contributed by atoms with Gasteiger partial charge in [-0.2, -0.15) is 0 Å². The lowest BCUT2D eigenvalue weighted by atomic mass is 10.2. The molecule has 0 spiro atoms. The lowest BCUT2D eigenvalue weighted by Gasteiger charge is -2.30. The molecular weight excluding hydrogens is 415 g/mol. The Morgan fingerprint density at radius 3 is 2.62 bits per heavy atom. The van der Waals surface area contributed by atoms with Crippen LogP contribution in [0.25, 0.3) is 0 Å². The molecule has 1 amide bonds. The Hall–Kier alpha value is -1.27. The summed E-state index contributed by atoms with van der Waals surface area (Å²) in [6, 6.07) is 10.6. The van der Waals surface area contributed by atoms with Gasteiger partial charge in [-0.3, -0.25) is 4.79 Å². The Balaban J connectivity index is 1.89. The van der Waals surface area contributed by atoms with Crippen molar-refractivity contribution in [3.8, 4) is 0 Å². The highest BCUT2D eigenvalue weighted by Gasteiger charge is 2.18. The molecule has 0 aliphatic carbocycles. The van der Waals surface area contributed by atoms with Crippen LogP contribution < -0.4 is 10.2 Å². The molecule has 7 heteroatoms. The normalized spacial score (nSPS) is 14.5. The van der Waals surface area contributed by atoms with Crippen molar-refractivity contribution >= 4 is 56.4 Å². The van der Waals surface area contributed by atoms with E-state index in [1.807, 2.05) is 12.1 Å². The quantitative estimate of drug-likeness (QED) is 0.758. The predicted octanol–water partition coefficient (Wildman–Crippen LogP) is 4.84. The Morgan fingerprint density at radius 1 is 1.12 bits per heavy atom. The van der Waals surface area contributed by atoms with Gasteiger partial charge in [0.1, 0.15) is 0 Å². The Labute approximate surface area is 158 Å². The fraction of sp³-hybridized carbons (Fsp3) is 0.235. The second kappa shape index (κ2) is 7.74. The van der Waals surface area contributed by atoms with Gasteiger partial charge in [-0.1, -0.05) is 39.1 Å². The number of nitrogens with one attached hydrogen (secondary N) is 1. The third-order valence-electron chi connectivity index (χ3n) is 3.73. The number of carbonyl (C=O) groups excluding carboxylic acids is 1. The van der Waals surface area contributed by atoms with Crippen LogP contribution in [0.3, 0.4) is 0 Å². The summed E-state index contributed by atoms with van der Waals surface area (Å²) in [6.07, 6.45) is 0. The van der Waals surface area contributed by atoms with E-state index in [-0.39, 0.29) is 5.91 Å².